The summed E-state index contributed by atoms with van der Waals surface area (Å²) in [7, 11) is 0. The molecular weight excluding hydrogens is 311 g/mol. The van der Waals surface area contributed by atoms with Crippen LogP contribution in [0.1, 0.15) is 28.0 Å². The summed E-state index contributed by atoms with van der Waals surface area (Å²) >= 11 is 0. The Morgan fingerprint density at radius 3 is 2.65 bits per heavy atom. The van der Waals surface area contributed by atoms with Crippen LogP contribution in [0.2, 0.25) is 0 Å². The quantitative estimate of drug-likeness (QED) is 0.919. The Labute approximate surface area is 129 Å². The lowest BCUT2D eigenvalue weighted by Crippen LogP contribution is -2.27. The molecule has 1 aromatic heterocycles. The van der Waals surface area contributed by atoms with Crippen LogP contribution < -0.4 is 4.90 Å². The number of fused-ring (bicyclic) bond motifs is 1. The maximum atomic E-state index is 13.1. The summed E-state index contributed by atoms with van der Waals surface area (Å²) < 4.78 is 39.3. The molecule has 0 saturated heterocycles. The number of nitrogens with zero attached hydrogens (tertiary/aromatic N) is 3. The van der Waals surface area contributed by atoms with Gasteiger partial charge in [0.2, 0.25) is 0 Å². The number of aromatic nitrogens is 2. The summed E-state index contributed by atoms with van der Waals surface area (Å²) in [4.78, 5) is 12.6. The zero-order valence-corrected chi connectivity index (χ0v) is 11.8. The van der Waals surface area contributed by atoms with Crippen LogP contribution in [-0.2, 0) is 12.6 Å². The van der Waals surface area contributed by atoms with Gasteiger partial charge in [0.15, 0.2) is 11.5 Å². The SMILES string of the molecule is O=C(O)c1nnc(N2CCCc3ccccc32)cc1C(F)(F)F. The largest absolute Gasteiger partial charge is 0.476 e. The van der Waals surface area contributed by atoms with Gasteiger partial charge >= 0.3 is 12.1 Å². The van der Waals surface area contributed by atoms with E-state index in [9.17, 15) is 18.0 Å². The van der Waals surface area contributed by atoms with Gasteiger partial charge in [-0.3, -0.25) is 0 Å². The van der Waals surface area contributed by atoms with E-state index in [1.807, 2.05) is 12.1 Å². The molecule has 0 saturated carbocycles. The number of para-hydroxylation sites is 1. The minimum Gasteiger partial charge on any atom is -0.476 e. The molecule has 0 fully saturated rings. The van der Waals surface area contributed by atoms with Gasteiger partial charge in [-0.2, -0.15) is 13.2 Å². The van der Waals surface area contributed by atoms with Gasteiger partial charge in [-0.05, 0) is 30.5 Å². The summed E-state index contributed by atoms with van der Waals surface area (Å²) in [6.07, 6.45) is -3.21. The Morgan fingerprint density at radius 1 is 1.22 bits per heavy atom. The van der Waals surface area contributed by atoms with E-state index in [4.69, 9.17) is 5.11 Å². The predicted molar refractivity (Wildman–Crippen MR) is 75.8 cm³/mol. The van der Waals surface area contributed by atoms with Crippen molar-refractivity contribution in [1.29, 1.82) is 0 Å². The van der Waals surface area contributed by atoms with Gasteiger partial charge in [0.05, 0.1) is 5.56 Å². The molecule has 0 unspecified atom stereocenters. The zero-order chi connectivity index (χ0) is 16.6. The Hall–Kier alpha value is -2.64. The fraction of sp³-hybridized carbons (Fsp3) is 0.267. The van der Waals surface area contributed by atoms with Crippen LogP contribution in [-0.4, -0.2) is 27.8 Å². The van der Waals surface area contributed by atoms with E-state index in [1.165, 1.54) is 0 Å². The average Bonchev–Trinajstić information content (AvgIpc) is 2.53. The first-order chi connectivity index (χ1) is 10.9. The fourth-order valence-corrected chi connectivity index (χ4v) is 2.66. The van der Waals surface area contributed by atoms with E-state index in [2.05, 4.69) is 10.2 Å². The summed E-state index contributed by atoms with van der Waals surface area (Å²) in [5.41, 5.74) is -0.606. The Balaban J connectivity index is 2.10. The normalized spacial score (nSPS) is 14.5. The molecule has 8 heteroatoms. The number of carboxylic acids is 1. The molecular formula is C15H12F3N3O2. The molecule has 1 aromatic carbocycles. The van der Waals surface area contributed by atoms with E-state index in [1.54, 1.807) is 17.0 Å². The Kier molecular flexibility index (Phi) is 3.67. The molecule has 0 spiro atoms. The number of rotatable bonds is 2. The van der Waals surface area contributed by atoms with Crippen LogP contribution in [0.3, 0.4) is 0 Å². The number of aromatic carboxylic acids is 1. The second-order valence-corrected chi connectivity index (χ2v) is 5.15. The van der Waals surface area contributed by atoms with Gasteiger partial charge in [-0.25, -0.2) is 4.79 Å². The van der Waals surface area contributed by atoms with E-state index in [0.29, 0.717) is 6.54 Å². The zero-order valence-electron chi connectivity index (χ0n) is 11.8. The van der Waals surface area contributed by atoms with Crippen LogP contribution in [0.15, 0.2) is 30.3 Å². The highest BCUT2D eigenvalue weighted by atomic mass is 19.4. The number of hydrogen-bond acceptors (Lipinski definition) is 4. The minimum absolute atomic E-state index is 0.00512. The monoisotopic (exact) mass is 323 g/mol. The van der Waals surface area contributed by atoms with Crippen LogP contribution in [0.5, 0.6) is 0 Å². The third-order valence-electron chi connectivity index (χ3n) is 3.68. The molecule has 23 heavy (non-hydrogen) atoms. The number of alkyl halides is 3. The van der Waals surface area contributed by atoms with Crippen molar-refractivity contribution in [3.05, 3.63) is 47.2 Å². The molecule has 3 rings (SSSR count). The fourth-order valence-electron chi connectivity index (χ4n) is 2.66. The second kappa shape index (κ2) is 5.53. The average molecular weight is 323 g/mol. The summed E-state index contributed by atoms with van der Waals surface area (Å²) in [5.74, 6) is -1.76. The number of anilines is 2. The molecule has 1 N–H and O–H groups in total. The van der Waals surface area contributed by atoms with Crippen LogP contribution in [0.4, 0.5) is 24.7 Å². The van der Waals surface area contributed by atoms with Crippen molar-refractivity contribution >= 4 is 17.5 Å². The van der Waals surface area contributed by atoms with E-state index in [-0.39, 0.29) is 5.82 Å². The molecule has 0 bridgehead atoms. The van der Waals surface area contributed by atoms with Gasteiger partial charge in [-0.1, -0.05) is 18.2 Å². The molecule has 5 nitrogen and oxygen atoms in total. The summed E-state index contributed by atoms with van der Waals surface area (Å²) in [5, 5.41) is 15.8. The van der Waals surface area contributed by atoms with Gasteiger partial charge < -0.3 is 10.0 Å². The summed E-state index contributed by atoms with van der Waals surface area (Å²) in [6, 6.07) is 8.11. The number of carbonyl (C=O) groups is 1. The lowest BCUT2D eigenvalue weighted by atomic mass is 10.0. The Bertz CT molecular complexity index is 762. The Morgan fingerprint density at radius 2 is 1.96 bits per heavy atom. The molecule has 2 aromatic rings. The molecule has 0 radical (unpaired) electrons. The van der Waals surface area contributed by atoms with Crippen molar-refractivity contribution in [2.45, 2.75) is 19.0 Å². The van der Waals surface area contributed by atoms with Crippen molar-refractivity contribution in [2.24, 2.45) is 0 Å². The molecule has 0 aliphatic carbocycles. The lowest BCUT2D eigenvalue weighted by Gasteiger charge is -2.30. The third kappa shape index (κ3) is 2.84. The highest BCUT2D eigenvalue weighted by Gasteiger charge is 2.38. The highest BCUT2D eigenvalue weighted by Crippen LogP contribution is 2.36. The number of hydrogen-bond donors (Lipinski definition) is 1. The molecule has 2 heterocycles. The van der Waals surface area contributed by atoms with Crippen molar-refractivity contribution in [3.63, 3.8) is 0 Å². The van der Waals surface area contributed by atoms with Gasteiger partial charge in [0.1, 0.15) is 0 Å². The third-order valence-corrected chi connectivity index (χ3v) is 3.68. The second-order valence-electron chi connectivity index (χ2n) is 5.15. The summed E-state index contributed by atoms with van der Waals surface area (Å²) in [6.45, 7) is 0.495. The topological polar surface area (TPSA) is 66.3 Å². The molecule has 1 aliphatic heterocycles. The van der Waals surface area contributed by atoms with Gasteiger partial charge in [0, 0.05) is 12.2 Å². The highest BCUT2D eigenvalue weighted by molar-refractivity contribution is 5.87. The maximum Gasteiger partial charge on any atom is 0.418 e. The van der Waals surface area contributed by atoms with Crippen LogP contribution in [0, 0.1) is 0 Å². The van der Waals surface area contributed by atoms with E-state index >= 15 is 0 Å². The number of halogens is 3. The first-order valence-corrected chi connectivity index (χ1v) is 6.91. The number of aryl methyl sites for hydroxylation is 1. The van der Waals surface area contributed by atoms with Crippen LogP contribution >= 0.6 is 0 Å². The molecule has 0 atom stereocenters. The minimum atomic E-state index is -4.81. The number of carboxylic acid groups (broad SMARTS) is 1. The molecule has 120 valence electrons. The first-order valence-electron chi connectivity index (χ1n) is 6.91. The standard InChI is InChI=1S/C15H12F3N3O2/c16-15(17,18)10-8-12(19-20-13(10)14(22)23)21-7-3-5-9-4-1-2-6-11(9)21/h1-2,4,6,8H,3,5,7H2,(H,22,23). The van der Waals surface area contributed by atoms with Crippen molar-refractivity contribution < 1.29 is 23.1 Å². The van der Waals surface area contributed by atoms with Gasteiger partial charge in [-0.15, -0.1) is 10.2 Å². The smallest absolute Gasteiger partial charge is 0.418 e. The van der Waals surface area contributed by atoms with Gasteiger partial charge in [0.25, 0.3) is 0 Å². The first kappa shape index (κ1) is 15.3. The number of benzene rings is 1. The van der Waals surface area contributed by atoms with Crippen molar-refractivity contribution in [1.82, 2.24) is 10.2 Å². The maximum absolute atomic E-state index is 13.1. The molecule has 1 aliphatic rings. The lowest BCUT2D eigenvalue weighted by molar-refractivity contribution is -0.138. The van der Waals surface area contributed by atoms with E-state index < -0.39 is 23.4 Å². The van der Waals surface area contributed by atoms with Crippen LogP contribution in [0.25, 0.3) is 0 Å². The van der Waals surface area contributed by atoms with Crippen molar-refractivity contribution in [3.8, 4) is 0 Å². The predicted octanol–water partition coefficient (Wildman–Crippen LogP) is 3.28. The van der Waals surface area contributed by atoms with E-state index in [0.717, 1.165) is 30.2 Å². The van der Waals surface area contributed by atoms with Crippen molar-refractivity contribution in [2.75, 3.05) is 11.4 Å². The molecule has 0 amide bonds.